The van der Waals surface area contributed by atoms with Gasteiger partial charge in [-0.15, -0.1) is 11.3 Å². The number of rotatable bonds is 4. The Balaban J connectivity index is 2.02. The zero-order valence-electron chi connectivity index (χ0n) is 12.0. The highest BCUT2D eigenvalue weighted by Gasteiger charge is 2.12. The van der Waals surface area contributed by atoms with Gasteiger partial charge in [0, 0.05) is 28.1 Å². The Bertz CT molecular complexity index is 801. The van der Waals surface area contributed by atoms with E-state index in [1.54, 1.807) is 18.4 Å². The van der Waals surface area contributed by atoms with E-state index in [-0.39, 0.29) is 0 Å². The zero-order valence-corrected chi connectivity index (χ0v) is 13.6. The van der Waals surface area contributed by atoms with E-state index in [0.29, 0.717) is 11.6 Å². The smallest absolute Gasteiger partial charge is 0.128 e. The summed E-state index contributed by atoms with van der Waals surface area (Å²) in [5.41, 5.74) is 9.62. The standard InChI is InChI=1S/C17H15ClN2OS/c1-21-16-6-5-13(18)8-14(16)15-10-22-17(20-15)12-4-2-3-11(7-12)9-19/h2-8,10H,9,19H2,1H3. The molecule has 0 fully saturated rings. The Morgan fingerprint density at radius 3 is 2.86 bits per heavy atom. The van der Waals surface area contributed by atoms with Crippen LogP contribution in [0.1, 0.15) is 5.56 Å². The molecule has 0 aliphatic carbocycles. The van der Waals surface area contributed by atoms with Gasteiger partial charge in [0.15, 0.2) is 0 Å². The summed E-state index contributed by atoms with van der Waals surface area (Å²) in [4.78, 5) is 4.71. The van der Waals surface area contributed by atoms with Crippen molar-refractivity contribution in [3.8, 4) is 27.6 Å². The molecule has 3 nitrogen and oxygen atoms in total. The molecule has 2 N–H and O–H groups in total. The molecular weight excluding hydrogens is 316 g/mol. The maximum absolute atomic E-state index is 6.09. The summed E-state index contributed by atoms with van der Waals surface area (Å²) in [7, 11) is 1.64. The van der Waals surface area contributed by atoms with Crippen molar-refractivity contribution >= 4 is 22.9 Å². The van der Waals surface area contributed by atoms with E-state index in [4.69, 9.17) is 27.1 Å². The molecule has 3 aromatic rings. The lowest BCUT2D eigenvalue weighted by atomic mass is 10.1. The minimum Gasteiger partial charge on any atom is -0.496 e. The van der Waals surface area contributed by atoms with Crippen molar-refractivity contribution in [1.82, 2.24) is 4.98 Å². The molecule has 0 unspecified atom stereocenters. The lowest BCUT2D eigenvalue weighted by Crippen LogP contribution is -1.95. The van der Waals surface area contributed by atoms with Gasteiger partial charge in [-0.25, -0.2) is 4.98 Å². The average Bonchev–Trinajstić information content (AvgIpc) is 3.05. The van der Waals surface area contributed by atoms with Crippen molar-refractivity contribution in [2.24, 2.45) is 5.73 Å². The summed E-state index contributed by atoms with van der Waals surface area (Å²) in [5, 5.41) is 3.63. The molecule has 1 heterocycles. The van der Waals surface area contributed by atoms with Gasteiger partial charge in [0.25, 0.3) is 0 Å². The fraction of sp³-hybridized carbons (Fsp3) is 0.118. The van der Waals surface area contributed by atoms with Crippen molar-refractivity contribution in [2.75, 3.05) is 7.11 Å². The lowest BCUT2D eigenvalue weighted by molar-refractivity contribution is 0.416. The summed E-state index contributed by atoms with van der Waals surface area (Å²) in [6.07, 6.45) is 0. The van der Waals surface area contributed by atoms with Gasteiger partial charge in [0.2, 0.25) is 0 Å². The van der Waals surface area contributed by atoms with Crippen LogP contribution in [-0.4, -0.2) is 12.1 Å². The van der Waals surface area contributed by atoms with Crippen molar-refractivity contribution in [2.45, 2.75) is 6.54 Å². The van der Waals surface area contributed by atoms with Crippen molar-refractivity contribution in [1.29, 1.82) is 0 Å². The monoisotopic (exact) mass is 330 g/mol. The van der Waals surface area contributed by atoms with E-state index < -0.39 is 0 Å². The van der Waals surface area contributed by atoms with Crippen molar-refractivity contribution in [3.63, 3.8) is 0 Å². The van der Waals surface area contributed by atoms with E-state index >= 15 is 0 Å². The Kier molecular flexibility index (Phi) is 4.43. The van der Waals surface area contributed by atoms with Gasteiger partial charge in [-0.05, 0) is 29.8 Å². The summed E-state index contributed by atoms with van der Waals surface area (Å²) >= 11 is 7.68. The first-order valence-electron chi connectivity index (χ1n) is 6.80. The number of nitrogens with two attached hydrogens (primary N) is 1. The average molecular weight is 331 g/mol. The van der Waals surface area contributed by atoms with Gasteiger partial charge in [-0.1, -0.05) is 29.8 Å². The highest BCUT2D eigenvalue weighted by atomic mass is 35.5. The first-order chi connectivity index (χ1) is 10.7. The minimum absolute atomic E-state index is 0.522. The van der Waals surface area contributed by atoms with Crippen LogP contribution in [0.4, 0.5) is 0 Å². The second-order valence-electron chi connectivity index (χ2n) is 4.79. The molecule has 0 aliphatic rings. The summed E-state index contributed by atoms with van der Waals surface area (Å²) in [5.74, 6) is 0.761. The van der Waals surface area contributed by atoms with Gasteiger partial charge in [-0.2, -0.15) is 0 Å². The Morgan fingerprint density at radius 2 is 2.09 bits per heavy atom. The van der Waals surface area contributed by atoms with Crippen LogP contribution < -0.4 is 10.5 Å². The van der Waals surface area contributed by atoms with Crippen LogP contribution in [0, 0.1) is 0 Å². The highest BCUT2D eigenvalue weighted by Crippen LogP contribution is 2.35. The van der Waals surface area contributed by atoms with E-state index in [2.05, 4.69) is 6.07 Å². The Morgan fingerprint density at radius 1 is 1.23 bits per heavy atom. The van der Waals surface area contributed by atoms with E-state index in [0.717, 1.165) is 33.1 Å². The topological polar surface area (TPSA) is 48.1 Å². The Labute approximate surface area is 138 Å². The SMILES string of the molecule is COc1ccc(Cl)cc1-c1csc(-c2cccc(CN)c2)n1. The predicted molar refractivity (Wildman–Crippen MR) is 92.4 cm³/mol. The molecule has 0 amide bonds. The molecule has 0 spiro atoms. The molecule has 0 atom stereocenters. The van der Waals surface area contributed by atoms with Gasteiger partial charge in [0.05, 0.1) is 12.8 Å². The van der Waals surface area contributed by atoms with Crippen LogP contribution in [0.3, 0.4) is 0 Å². The van der Waals surface area contributed by atoms with Gasteiger partial charge < -0.3 is 10.5 Å². The zero-order chi connectivity index (χ0) is 15.5. The third kappa shape index (κ3) is 2.99. The number of ether oxygens (including phenoxy) is 1. The van der Waals surface area contributed by atoms with Crippen LogP contribution in [-0.2, 0) is 6.54 Å². The third-order valence-electron chi connectivity index (χ3n) is 3.35. The number of aromatic nitrogens is 1. The number of benzene rings is 2. The first kappa shape index (κ1) is 15.0. The summed E-state index contributed by atoms with van der Waals surface area (Å²) in [6, 6.07) is 13.6. The van der Waals surface area contributed by atoms with Crippen molar-refractivity contribution in [3.05, 3.63) is 58.4 Å². The molecule has 112 valence electrons. The number of nitrogens with zero attached hydrogens (tertiary/aromatic N) is 1. The van der Waals surface area contributed by atoms with Crippen LogP contribution in [0.15, 0.2) is 47.8 Å². The Hall–Kier alpha value is -1.88. The molecule has 2 aromatic carbocycles. The quantitative estimate of drug-likeness (QED) is 0.760. The molecule has 0 bridgehead atoms. The molecule has 0 saturated heterocycles. The minimum atomic E-state index is 0.522. The number of methoxy groups -OCH3 is 1. The fourth-order valence-electron chi connectivity index (χ4n) is 2.24. The molecule has 3 rings (SSSR count). The molecule has 0 saturated carbocycles. The fourth-order valence-corrected chi connectivity index (χ4v) is 3.23. The molecule has 22 heavy (non-hydrogen) atoms. The van der Waals surface area contributed by atoms with Crippen LogP contribution >= 0.6 is 22.9 Å². The third-order valence-corrected chi connectivity index (χ3v) is 4.48. The van der Waals surface area contributed by atoms with Crippen LogP contribution in [0.25, 0.3) is 21.8 Å². The lowest BCUT2D eigenvalue weighted by Gasteiger charge is -2.06. The van der Waals surface area contributed by atoms with Gasteiger partial charge >= 0.3 is 0 Å². The summed E-state index contributed by atoms with van der Waals surface area (Å²) in [6.45, 7) is 0.522. The number of thiazole rings is 1. The van der Waals surface area contributed by atoms with Gasteiger partial charge in [-0.3, -0.25) is 0 Å². The van der Waals surface area contributed by atoms with E-state index in [9.17, 15) is 0 Å². The van der Waals surface area contributed by atoms with Crippen LogP contribution in [0.2, 0.25) is 5.02 Å². The molecular formula is C17H15ClN2OS. The highest BCUT2D eigenvalue weighted by molar-refractivity contribution is 7.13. The maximum atomic E-state index is 6.09. The second-order valence-corrected chi connectivity index (χ2v) is 6.08. The summed E-state index contributed by atoms with van der Waals surface area (Å²) < 4.78 is 5.40. The molecule has 0 aliphatic heterocycles. The predicted octanol–water partition coefficient (Wildman–Crippen LogP) is 4.60. The number of hydrogen-bond acceptors (Lipinski definition) is 4. The first-order valence-corrected chi connectivity index (χ1v) is 8.06. The largest absolute Gasteiger partial charge is 0.496 e. The van der Waals surface area contributed by atoms with Crippen LogP contribution in [0.5, 0.6) is 5.75 Å². The van der Waals surface area contributed by atoms with Gasteiger partial charge in [0.1, 0.15) is 10.8 Å². The van der Waals surface area contributed by atoms with E-state index in [1.165, 1.54) is 0 Å². The second kappa shape index (κ2) is 6.48. The molecule has 1 aromatic heterocycles. The maximum Gasteiger partial charge on any atom is 0.128 e. The molecule has 0 radical (unpaired) electrons. The molecule has 5 heteroatoms. The van der Waals surface area contributed by atoms with Crippen molar-refractivity contribution < 1.29 is 4.74 Å². The number of halogens is 1. The van der Waals surface area contributed by atoms with E-state index in [1.807, 2.05) is 41.8 Å². The normalized spacial score (nSPS) is 10.7. The number of hydrogen-bond donors (Lipinski definition) is 1.